The van der Waals surface area contributed by atoms with Crippen LogP contribution in [0.2, 0.25) is 10.0 Å². The monoisotopic (exact) mass is 579 g/mol. The largest absolute Gasteiger partial charge is 0.374 e. The van der Waals surface area contributed by atoms with Gasteiger partial charge in [-0.2, -0.15) is 0 Å². The van der Waals surface area contributed by atoms with Crippen molar-refractivity contribution in [3.05, 3.63) is 97.4 Å². The molecule has 2 aliphatic rings. The van der Waals surface area contributed by atoms with Crippen molar-refractivity contribution in [1.82, 2.24) is 9.88 Å². The molecule has 5 rings (SSSR count). The maximum absolute atomic E-state index is 15.7. The van der Waals surface area contributed by atoms with Crippen molar-refractivity contribution in [1.29, 1.82) is 0 Å². The van der Waals surface area contributed by atoms with Gasteiger partial charge in [-0.05, 0) is 49.2 Å². The van der Waals surface area contributed by atoms with Crippen LogP contribution >= 0.6 is 39.1 Å². The van der Waals surface area contributed by atoms with Crippen LogP contribution in [0.4, 0.5) is 4.39 Å². The number of hydrogen-bond acceptors (Lipinski definition) is 5. The van der Waals surface area contributed by atoms with Crippen molar-refractivity contribution < 1.29 is 19.0 Å². The molecule has 2 aromatic carbocycles. The highest BCUT2D eigenvalue weighted by atomic mass is 79.9. The van der Waals surface area contributed by atoms with E-state index in [0.29, 0.717) is 44.2 Å². The molecule has 3 N–H and O–H groups in total. The molecule has 1 amide bonds. The summed E-state index contributed by atoms with van der Waals surface area (Å²) in [6.45, 7) is 0.0491. The highest BCUT2D eigenvalue weighted by molar-refractivity contribution is 9.10. The third-order valence-corrected chi connectivity index (χ3v) is 7.63. The lowest BCUT2D eigenvalue weighted by molar-refractivity contribution is -0.189. The molecular formula is C25H21BrCl2FN3O3. The van der Waals surface area contributed by atoms with Crippen LogP contribution in [0.25, 0.3) is 0 Å². The molecule has 2 heterocycles. The number of aromatic nitrogens is 1. The van der Waals surface area contributed by atoms with E-state index >= 15 is 4.39 Å². The topological polar surface area (TPSA) is 88.7 Å². The van der Waals surface area contributed by atoms with Gasteiger partial charge in [-0.1, -0.05) is 51.3 Å². The summed E-state index contributed by atoms with van der Waals surface area (Å²) in [5, 5.41) is 12.4. The molecule has 1 aliphatic carbocycles. The Morgan fingerprint density at radius 3 is 2.49 bits per heavy atom. The van der Waals surface area contributed by atoms with E-state index in [9.17, 15) is 9.90 Å². The maximum Gasteiger partial charge on any atom is 0.225 e. The van der Waals surface area contributed by atoms with Crippen LogP contribution < -0.4 is 5.73 Å². The zero-order valence-corrected chi connectivity index (χ0v) is 21.4. The van der Waals surface area contributed by atoms with E-state index in [-0.39, 0.29) is 18.7 Å². The number of aliphatic hydroxyl groups excluding tert-OH is 1. The zero-order valence-electron chi connectivity index (χ0n) is 18.3. The molecule has 0 saturated heterocycles. The molecule has 1 fully saturated rings. The zero-order chi connectivity index (χ0) is 25.0. The lowest BCUT2D eigenvalue weighted by Gasteiger charge is -2.41. The van der Waals surface area contributed by atoms with Crippen molar-refractivity contribution in [2.24, 2.45) is 11.1 Å². The Morgan fingerprint density at radius 2 is 1.89 bits per heavy atom. The smallest absolute Gasteiger partial charge is 0.225 e. The summed E-state index contributed by atoms with van der Waals surface area (Å²) in [7, 11) is 0. The molecule has 0 spiro atoms. The predicted molar refractivity (Wildman–Crippen MR) is 133 cm³/mol. The van der Waals surface area contributed by atoms with E-state index in [0.717, 1.165) is 0 Å². The number of pyridine rings is 1. The normalized spacial score (nSPS) is 22.7. The molecular weight excluding hydrogens is 560 g/mol. The van der Waals surface area contributed by atoms with Crippen molar-refractivity contribution in [3.8, 4) is 0 Å². The molecule has 10 heteroatoms. The van der Waals surface area contributed by atoms with E-state index in [4.69, 9.17) is 33.7 Å². The van der Waals surface area contributed by atoms with Crippen LogP contribution in [0, 0.1) is 11.2 Å². The number of fused-ring (bicyclic) bond motifs is 1. The van der Waals surface area contributed by atoms with Crippen LogP contribution in [0.5, 0.6) is 0 Å². The summed E-state index contributed by atoms with van der Waals surface area (Å²) >= 11 is 15.5. The lowest BCUT2D eigenvalue weighted by atomic mass is 9.92. The Morgan fingerprint density at radius 1 is 1.20 bits per heavy atom. The van der Waals surface area contributed by atoms with E-state index in [1.807, 2.05) is 0 Å². The van der Waals surface area contributed by atoms with Crippen molar-refractivity contribution in [2.45, 2.75) is 31.3 Å². The van der Waals surface area contributed by atoms with Gasteiger partial charge in [-0.3, -0.25) is 9.78 Å². The van der Waals surface area contributed by atoms with Crippen LogP contribution in [0.15, 0.2) is 59.2 Å². The first-order valence-corrected chi connectivity index (χ1v) is 12.5. The summed E-state index contributed by atoms with van der Waals surface area (Å²) in [4.78, 5) is 18.1. The number of carbonyl (C=O) groups excluding carboxylic acids is 1. The van der Waals surface area contributed by atoms with Gasteiger partial charge in [0.2, 0.25) is 5.91 Å². The van der Waals surface area contributed by atoms with Gasteiger partial charge >= 0.3 is 0 Å². The Balaban J connectivity index is 1.71. The first-order chi connectivity index (χ1) is 16.7. The van der Waals surface area contributed by atoms with Gasteiger partial charge in [0.25, 0.3) is 0 Å². The third-order valence-electron chi connectivity index (χ3n) is 6.69. The highest BCUT2D eigenvalue weighted by Gasteiger charge is 2.57. The van der Waals surface area contributed by atoms with Gasteiger partial charge in [0.05, 0.1) is 22.7 Å². The number of benzene rings is 2. The molecule has 1 aliphatic heterocycles. The van der Waals surface area contributed by atoms with Crippen LogP contribution in [0.3, 0.4) is 0 Å². The number of aliphatic hydroxyl groups is 1. The van der Waals surface area contributed by atoms with Gasteiger partial charge in [0, 0.05) is 38.9 Å². The fraction of sp³-hybridized carbons (Fsp3) is 0.280. The lowest BCUT2D eigenvalue weighted by Crippen LogP contribution is -2.48. The average Bonchev–Trinajstić information content (AvgIpc) is 3.58. The first kappa shape index (κ1) is 24.6. The molecule has 182 valence electrons. The van der Waals surface area contributed by atoms with Gasteiger partial charge in [-0.15, -0.1) is 0 Å². The fourth-order valence-electron chi connectivity index (χ4n) is 4.59. The standard InChI is InChI=1S/C25H21BrCl2FN3O3/c26-15-9-19-21(20(29)10-15)25(14-1-3-16(27)4-2-14,35-13-24(7-8-24)23(30)34)32(22(19)33)12-18-6-5-17(28)11-31-18/h1-6,9-11,22,33H,7-8,12-13H2,(H2,30,34). The summed E-state index contributed by atoms with van der Waals surface area (Å²) in [6, 6.07) is 13.2. The minimum atomic E-state index is -1.59. The van der Waals surface area contributed by atoms with Crippen LogP contribution in [-0.2, 0) is 21.8 Å². The van der Waals surface area contributed by atoms with Crippen molar-refractivity contribution >= 4 is 45.0 Å². The quantitative estimate of drug-likeness (QED) is 0.397. The number of halogens is 4. The molecule has 6 nitrogen and oxygen atoms in total. The molecule has 2 unspecified atom stereocenters. The Hall–Kier alpha value is -2.07. The van der Waals surface area contributed by atoms with Gasteiger partial charge in [-0.25, -0.2) is 9.29 Å². The molecule has 3 aromatic rings. The van der Waals surface area contributed by atoms with Crippen molar-refractivity contribution in [2.75, 3.05) is 6.61 Å². The Bertz CT molecular complexity index is 1290. The van der Waals surface area contributed by atoms with E-state index in [1.165, 1.54) is 12.3 Å². The maximum atomic E-state index is 15.7. The molecule has 2 atom stereocenters. The second-order valence-corrected chi connectivity index (χ2v) is 10.7. The van der Waals surface area contributed by atoms with Crippen LogP contribution in [-0.4, -0.2) is 27.5 Å². The summed E-state index contributed by atoms with van der Waals surface area (Å²) in [5.41, 5.74) is 4.86. The predicted octanol–water partition coefficient (Wildman–Crippen LogP) is 5.28. The van der Waals surface area contributed by atoms with E-state index in [2.05, 4.69) is 20.9 Å². The SMILES string of the molecule is NC(=O)C1(COC2(c3ccc(Cl)cc3)c3c(F)cc(Br)cc3C(O)N2Cc2ccc(Cl)cn2)CC1. The van der Waals surface area contributed by atoms with Crippen LogP contribution in [0.1, 0.15) is 41.5 Å². The molecule has 0 radical (unpaired) electrons. The third kappa shape index (κ3) is 4.26. The fourth-order valence-corrected chi connectivity index (χ4v) is 5.28. The van der Waals surface area contributed by atoms with Gasteiger partial charge in [0.1, 0.15) is 12.0 Å². The number of nitrogens with two attached hydrogens (primary N) is 1. The number of nitrogens with zero attached hydrogens (tertiary/aromatic N) is 2. The second-order valence-electron chi connectivity index (χ2n) is 8.91. The molecule has 1 aromatic heterocycles. The van der Waals surface area contributed by atoms with Crippen molar-refractivity contribution in [3.63, 3.8) is 0 Å². The Kier molecular flexibility index (Phi) is 6.40. The second kappa shape index (κ2) is 9.10. The number of hydrogen-bond donors (Lipinski definition) is 2. The summed E-state index contributed by atoms with van der Waals surface area (Å²) in [5.74, 6) is -1.04. The number of carbonyl (C=O) groups is 1. The van der Waals surface area contributed by atoms with E-state index in [1.54, 1.807) is 47.4 Å². The number of ether oxygens (including phenoxy) is 1. The summed E-state index contributed by atoms with van der Waals surface area (Å²) in [6.07, 6.45) is 1.42. The van der Waals surface area contributed by atoms with Gasteiger partial charge < -0.3 is 15.6 Å². The molecule has 35 heavy (non-hydrogen) atoms. The first-order valence-electron chi connectivity index (χ1n) is 10.9. The Labute approximate surface area is 219 Å². The minimum absolute atomic E-state index is 0.0445. The molecule has 0 bridgehead atoms. The highest BCUT2D eigenvalue weighted by Crippen LogP contribution is 2.55. The summed E-state index contributed by atoms with van der Waals surface area (Å²) < 4.78 is 22.8. The number of rotatable bonds is 7. The number of primary amides is 1. The molecule has 1 saturated carbocycles. The minimum Gasteiger partial charge on any atom is -0.374 e. The van der Waals surface area contributed by atoms with Gasteiger partial charge in [0.15, 0.2) is 5.72 Å². The van der Waals surface area contributed by atoms with E-state index < -0.39 is 29.1 Å². The number of amides is 1. The average molecular weight is 581 g/mol.